The minimum Gasteiger partial charge on any atom is -0.352 e. The van der Waals surface area contributed by atoms with Crippen LogP contribution in [0.5, 0.6) is 0 Å². The SMILES string of the molecule is Cc1cccc2c(=O)n(CC(=O)N3CCN(C(C)C(=O)NC4CC4)CC3)cnc12. The Hall–Kier alpha value is -2.74. The summed E-state index contributed by atoms with van der Waals surface area (Å²) in [6.45, 7) is 6.20. The molecule has 1 unspecified atom stereocenters. The Balaban J connectivity index is 1.36. The molecule has 1 N–H and O–H groups in total. The minimum absolute atomic E-state index is 0.0204. The molecule has 1 aromatic heterocycles. The molecular formula is C21H27N5O3. The highest BCUT2D eigenvalue weighted by Gasteiger charge is 2.30. The van der Waals surface area contributed by atoms with E-state index in [2.05, 4.69) is 15.2 Å². The van der Waals surface area contributed by atoms with Crippen molar-refractivity contribution in [3.63, 3.8) is 0 Å². The van der Waals surface area contributed by atoms with Crippen molar-refractivity contribution in [1.82, 2.24) is 24.7 Å². The molecular weight excluding hydrogens is 370 g/mol. The van der Waals surface area contributed by atoms with E-state index in [9.17, 15) is 14.4 Å². The number of aromatic nitrogens is 2. The number of rotatable bonds is 5. The number of nitrogens with one attached hydrogen (secondary N) is 1. The van der Waals surface area contributed by atoms with Crippen LogP contribution in [0.1, 0.15) is 25.3 Å². The van der Waals surface area contributed by atoms with Crippen LogP contribution in [0.2, 0.25) is 0 Å². The summed E-state index contributed by atoms with van der Waals surface area (Å²) in [6, 6.07) is 5.64. The van der Waals surface area contributed by atoms with Gasteiger partial charge < -0.3 is 10.2 Å². The van der Waals surface area contributed by atoms with E-state index in [-0.39, 0.29) is 30.0 Å². The quantitative estimate of drug-likeness (QED) is 0.795. The highest BCUT2D eigenvalue weighted by Crippen LogP contribution is 2.19. The number of hydrogen-bond donors (Lipinski definition) is 1. The lowest BCUT2D eigenvalue weighted by molar-refractivity contribution is -0.134. The Morgan fingerprint density at radius 2 is 1.93 bits per heavy atom. The maximum Gasteiger partial charge on any atom is 0.261 e. The Morgan fingerprint density at radius 3 is 2.62 bits per heavy atom. The number of amides is 2. The summed E-state index contributed by atoms with van der Waals surface area (Å²) in [4.78, 5) is 45.9. The van der Waals surface area contributed by atoms with Gasteiger partial charge in [0.1, 0.15) is 6.54 Å². The number of carbonyl (C=O) groups excluding carboxylic acids is 2. The van der Waals surface area contributed by atoms with Gasteiger partial charge in [-0.3, -0.25) is 23.9 Å². The second-order valence-electron chi connectivity index (χ2n) is 8.02. The zero-order valence-corrected chi connectivity index (χ0v) is 16.9. The lowest BCUT2D eigenvalue weighted by Gasteiger charge is -2.37. The second-order valence-corrected chi connectivity index (χ2v) is 8.02. The maximum absolute atomic E-state index is 12.7. The van der Waals surface area contributed by atoms with Crippen LogP contribution in [0, 0.1) is 6.92 Å². The number of nitrogens with zero attached hydrogens (tertiary/aromatic N) is 4. The van der Waals surface area contributed by atoms with E-state index in [1.165, 1.54) is 10.9 Å². The molecule has 4 rings (SSSR count). The number of para-hydroxylation sites is 1. The third kappa shape index (κ3) is 4.17. The van der Waals surface area contributed by atoms with Crippen molar-refractivity contribution >= 4 is 22.7 Å². The van der Waals surface area contributed by atoms with Gasteiger partial charge in [0.15, 0.2) is 0 Å². The van der Waals surface area contributed by atoms with E-state index in [4.69, 9.17) is 0 Å². The van der Waals surface area contributed by atoms with Gasteiger partial charge in [0, 0.05) is 32.2 Å². The van der Waals surface area contributed by atoms with Crippen molar-refractivity contribution in [3.05, 3.63) is 40.4 Å². The van der Waals surface area contributed by atoms with Crippen LogP contribution in [0.3, 0.4) is 0 Å². The van der Waals surface area contributed by atoms with Crippen molar-refractivity contribution < 1.29 is 9.59 Å². The average molecular weight is 397 g/mol. The molecule has 1 saturated carbocycles. The fraction of sp³-hybridized carbons (Fsp3) is 0.524. The summed E-state index contributed by atoms with van der Waals surface area (Å²) < 4.78 is 1.38. The zero-order valence-electron chi connectivity index (χ0n) is 16.9. The summed E-state index contributed by atoms with van der Waals surface area (Å²) in [5.41, 5.74) is 1.42. The molecule has 1 aromatic carbocycles. The molecule has 2 amide bonds. The average Bonchev–Trinajstić information content (AvgIpc) is 3.54. The van der Waals surface area contributed by atoms with E-state index < -0.39 is 0 Å². The molecule has 8 heteroatoms. The van der Waals surface area contributed by atoms with Crippen molar-refractivity contribution in [1.29, 1.82) is 0 Å². The fourth-order valence-corrected chi connectivity index (χ4v) is 3.77. The van der Waals surface area contributed by atoms with Gasteiger partial charge in [-0.05, 0) is 38.3 Å². The maximum atomic E-state index is 12.7. The molecule has 2 aliphatic rings. The number of piperazine rings is 1. The van der Waals surface area contributed by atoms with Gasteiger partial charge in [0.2, 0.25) is 11.8 Å². The number of aryl methyl sites for hydroxylation is 1. The third-order valence-electron chi connectivity index (χ3n) is 5.88. The van der Waals surface area contributed by atoms with Crippen molar-refractivity contribution in [2.24, 2.45) is 0 Å². The molecule has 154 valence electrons. The predicted molar refractivity (Wildman–Crippen MR) is 110 cm³/mol. The minimum atomic E-state index is -0.198. The Morgan fingerprint density at radius 1 is 1.21 bits per heavy atom. The van der Waals surface area contributed by atoms with E-state index >= 15 is 0 Å². The first kappa shape index (κ1) is 19.6. The number of benzene rings is 1. The summed E-state index contributed by atoms with van der Waals surface area (Å²) >= 11 is 0. The lowest BCUT2D eigenvalue weighted by atomic mass is 10.1. The van der Waals surface area contributed by atoms with Gasteiger partial charge >= 0.3 is 0 Å². The molecule has 1 aliphatic heterocycles. The number of hydrogen-bond acceptors (Lipinski definition) is 5. The number of fused-ring (bicyclic) bond motifs is 1. The van der Waals surface area contributed by atoms with Gasteiger partial charge in [-0.1, -0.05) is 12.1 Å². The number of carbonyl (C=O) groups is 2. The molecule has 8 nitrogen and oxygen atoms in total. The first-order valence-electron chi connectivity index (χ1n) is 10.2. The molecule has 1 saturated heterocycles. The highest BCUT2D eigenvalue weighted by atomic mass is 16.2. The molecule has 2 aromatic rings. The third-order valence-corrected chi connectivity index (χ3v) is 5.88. The largest absolute Gasteiger partial charge is 0.352 e. The van der Waals surface area contributed by atoms with Crippen molar-refractivity contribution in [2.75, 3.05) is 26.2 Å². The summed E-state index contributed by atoms with van der Waals surface area (Å²) in [5, 5.41) is 3.56. The van der Waals surface area contributed by atoms with Crippen LogP contribution in [-0.4, -0.2) is 69.4 Å². The van der Waals surface area contributed by atoms with Crippen LogP contribution in [0.4, 0.5) is 0 Å². The fourth-order valence-electron chi connectivity index (χ4n) is 3.77. The molecule has 1 atom stereocenters. The van der Waals surface area contributed by atoms with E-state index in [1.807, 2.05) is 26.0 Å². The molecule has 2 heterocycles. The van der Waals surface area contributed by atoms with Gasteiger partial charge in [-0.25, -0.2) is 4.98 Å². The molecule has 2 fully saturated rings. The van der Waals surface area contributed by atoms with E-state index in [0.717, 1.165) is 18.4 Å². The molecule has 0 bridgehead atoms. The highest BCUT2D eigenvalue weighted by molar-refractivity contribution is 5.82. The normalized spacial score (nSPS) is 18.6. The topological polar surface area (TPSA) is 87.5 Å². The standard InChI is InChI=1S/C21H27N5O3/c1-14-4-3-5-17-19(14)22-13-26(21(17)29)12-18(27)25-10-8-24(9-11-25)15(2)20(28)23-16-6-7-16/h3-5,13,15-16H,6-12H2,1-2H3,(H,23,28). The summed E-state index contributed by atoms with van der Waals surface area (Å²) in [5.74, 6) is -0.0352. The van der Waals surface area contributed by atoms with E-state index in [1.54, 1.807) is 11.0 Å². The molecule has 1 aliphatic carbocycles. The summed E-state index contributed by atoms with van der Waals surface area (Å²) in [7, 11) is 0. The van der Waals surface area contributed by atoms with Gasteiger partial charge in [-0.2, -0.15) is 0 Å². The molecule has 0 radical (unpaired) electrons. The van der Waals surface area contributed by atoms with Crippen LogP contribution in [-0.2, 0) is 16.1 Å². The lowest BCUT2D eigenvalue weighted by Crippen LogP contribution is -2.55. The first-order chi connectivity index (χ1) is 13.9. The van der Waals surface area contributed by atoms with Crippen LogP contribution in [0.25, 0.3) is 10.9 Å². The summed E-state index contributed by atoms with van der Waals surface area (Å²) in [6.07, 6.45) is 3.60. The monoisotopic (exact) mass is 397 g/mol. The van der Waals surface area contributed by atoms with Gasteiger partial charge in [-0.15, -0.1) is 0 Å². The second kappa shape index (κ2) is 7.94. The Kier molecular flexibility index (Phi) is 5.36. The molecule has 0 spiro atoms. The van der Waals surface area contributed by atoms with Crippen molar-refractivity contribution in [3.8, 4) is 0 Å². The Bertz CT molecular complexity index is 989. The zero-order chi connectivity index (χ0) is 20.5. The van der Waals surface area contributed by atoms with E-state index in [0.29, 0.717) is 43.1 Å². The predicted octanol–water partition coefficient (Wildman–Crippen LogP) is 0.516. The molecule has 29 heavy (non-hydrogen) atoms. The Labute approximate surface area is 169 Å². The smallest absolute Gasteiger partial charge is 0.261 e. The first-order valence-corrected chi connectivity index (χ1v) is 10.2. The van der Waals surface area contributed by atoms with Gasteiger partial charge in [0.05, 0.1) is 23.3 Å². The van der Waals surface area contributed by atoms with Crippen LogP contribution < -0.4 is 10.9 Å². The van der Waals surface area contributed by atoms with Crippen LogP contribution >= 0.6 is 0 Å². The van der Waals surface area contributed by atoms with Gasteiger partial charge in [0.25, 0.3) is 5.56 Å². The van der Waals surface area contributed by atoms with Crippen LogP contribution in [0.15, 0.2) is 29.3 Å². The van der Waals surface area contributed by atoms with Crippen molar-refractivity contribution in [2.45, 2.75) is 45.3 Å².